The summed E-state index contributed by atoms with van der Waals surface area (Å²) in [5, 5.41) is 0. The first-order valence-electron chi connectivity index (χ1n) is 5.71. The zero-order valence-electron chi connectivity index (χ0n) is 10.7. The molecule has 0 atom stereocenters. The molecule has 0 saturated heterocycles. The minimum absolute atomic E-state index is 0.0294. The molecule has 98 valence electrons. The van der Waals surface area contributed by atoms with Crippen LogP contribution in [0.15, 0.2) is 6.07 Å². The third-order valence-electron chi connectivity index (χ3n) is 2.88. The largest absolute Gasteiger partial charge is 0.493 e. The van der Waals surface area contributed by atoms with Crippen molar-refractivity contribution in [2.45, 2.75) is 12.8 Å². The molecule has 2 rings (SSSR count). The molecule has 0 amide bonds. The van der Waals surface area contributed by atoms with Crippen molar-refractivity contribution in [3.05, 3.63) is 11.6 Å². The third kappa shape index (κ3) is 1.96. The molecule has 0 fully saturated rings. The summed E-state index contributed by atoms with van der Waals surface area (Å²) in [5.74, 6) is 1.78. The summed E-state index contributed by atoms with van der Waals surface area (Å²) < 4.78 is 21.4. The topological polar surface area (TPSA) is 54.0 Å². The first kappa shape index (κ1) is 12.5. The smallest absolute Gasteiger partial charge is 0.208 e. The zero-order chi connectivity index (χ0) is 13.1. The maximum absolute atomic E-state index is 12.0. The van der Waals surface area contributed by atoms with Gasteiger partial charge in [-0.05, 0) is 12.5 Å². The summed E-state index contributed by atoms with van der Waals surface area (Å²) in [5.41, 5.74) is 0.488. The van der Waals surface area contributed by atoms with Gasteiger partial charge in [0.15, 0.2) is 17.3 Å². The zero-order valence-corrected chi connectivity index (χ0v) is 10.7. The van der Waals surface area contributed by atoms with Crippen molar-refractivity contribution in [3.63, 3.8) is 0 Å². The predicted molar refractivity (Wildman–Crippen MR) is 65.2 cm³/mol. The van der Waals surface area contributed by atoms with E-state index in [0.29, 0.717) is 48.0 Å². The molecule has 0 aliphatic carbocycles. The van der Waals surface area contributed by atoms with Crippen LogP contribution in [0.3, 0.4) is 0 Å². The normalized spacial score (nSPS) is 14.3. The van der Waals surface area contributed by atoms with E-state index >= 15 is 0 Å². The number of rotatable bonds is 3. The maximum atomic E-state index is 12.0. The van der Waals surface area contributed by atoms with Crippen LogP contribution in [0.1, 0.15) is 23.2 Å². The number of hydrogen-bond donors (Lipinski definition) is 0. The standard InChI is InChI=1S/C13H16O5/c1-15-10-7-8-9(14)5-4-6-18-11(8)13(17-3)12(10)16-2/h7H,4-6H2,1-3H3. The molecule has 0 spiro atoms. The quantitative estimate of drug-likeness (QED) is 0.824. The SMILES string of the molecule is COc1cc2c(c(OC)c1OC)OCCCC2=O. The lowest BCUT2D eigenvalue weighted by Crippen LogP contribution is -2.04. The molecule has 1 aliphatic heterocycles. The Bertz CT molecular complexity index is 467. The minimum atomic E-state index is 0.0294. The Balaban J connectivity index is 2.67. The molecule has 18 heavy (non-hydrogen) atoms. The van der Waals surface area contributed by atoms with Gasteiger partial charge in [-0.25, -0.2) is 0 Å². The highest BCUT2D eigenvalue weighted by Gasteiger charge is 2.27. The molecule has 0 unspecified atom stereocenters. The van der Waals surface area contributed by atoms with Crippen molar-refractivity contribution in [2.24, 2.45) is 0 Å². The molecule has 0 N–H and O–H groups in total. The summed E-state index contributed by atoms with van der Waals surface area (Å²) >= 11 is 0. The van der Waals surface area contributed by atoms with Gasteiger partial charge in [0.05, 0.1) is 33.5 Å². The van der Waals surface area contributed by atoms with Crippen molar-refractivity contribution in [2.75, 3.05) is 27.9 Å². The van der Waals surface area contributed by atoms with E-state index in [1.807, 2.05) is 0 Å². The second-order valence-corrected chi connectivity index (χ2v) is 3.90. The molecule has 5 heteroatoms. The van der Waals surface area contributed by atoms with E-state index in [-0.39, 0.29) is 5.78 Å². The van der Waals surface area contributed by atoms with Crippen molar-refractivity contribution < 1.29 is 23.7 Å². The van der Waals surface area contributed by atoms with Gasteiger partial charge in [0, 0.05) is 6.42 Å². The third-order valence-corrected chi connectivity index (χ3v) is 2.88. The molecule has 0 bridgehead atoms. The Labute approximate surface area is 106 Å². The van der Waals surface area contributed by atoms with Crippen LogP contribution in [0, 0.1) is 0 Å². The lowest BCUT2D eigenvalue weighted by atomic mass is 10.1. The molecular formula is C13H16O5. The maximum Gasteiger partial charge on any atom is 0.208 e. The second-order valence-electron chi connectivity index (χ2n) is 3.90. The predicted octanol–water partition coefficient (Wildman–Crippen LogP) is 2.07. The highest BCUT2D eigenvalue weighted by atomic mass is 16.5. The highest BCUT2D eigenvalue weighted by Crippen LogP contribution is 2.47. The highest BCUT2D eigenvalue weighted by molar-refractivity contribution is 6.01. The summed E-state index contributed by atoms with van der Waals surface area (Å²) in [4.78, 5) is 12.0. The first-order chi connectivity index (χ1) is 8.72. The summed E-state index contributed by atoms with van der Waals surface area (Å²) in [6.45, 7) is 0.491. The Hall–Kier alpha value is -1.91. The fraction of sp³-hybridized carbons (Fsp3) is 0.462. The van der Waals surface area contributed by atoms with Crippen molar-refractivity contribution in [1.82, 2.24) is 0 Å². The monoisotopic (exact) mass is 252 g/mol. The van der Waals surface area contributed by atoms with Crippen LogP contribution in [-0.2, 0) is 0 Å². The molecule has 1 heterocycles. The van der Waals surface area contributed by atoms with Gasteiger partial charge in [-0.1, -0.05) is 0 Å². The van der Waals surface area contributed by atoms with Crippen molar-refractivity contribution >= 4 is 5.78 Å². The molecule has 0 radical (unpaired) electrons. The van der Waals surface area contributed by atoms with Gasteiger partial charge in [-0.15, -0.1) is 0 Å². The average molecular weight is 252 g/mol. The van der Waals surface area contributed by atoms with E-state index < -0.39 is 0 Å². The lowest BCUT2D eigenvalue weighted by molar-refractivity contribution is 0.0982. The van der Waals surface area contributed by atoms with Crippen molar-refractivity contribution in [1.29, 1.82) is 0 Å². The van der Waals surface area contributed by atoms with Gasteiger partial charge in [-0.3, -0.25) is 4.79 Å². The van der Waals surface area contributed by atoms with E-state index in [1.54, 1.807) is 6.07 Å². The molecule has 0 aromatic heterocycles. The fourth-order valence-corrected chi connectivity index (χ4v) is 2.02. The van der Waals surface area contributed by atoms with E-state index in [0.717, 1.165) is 0 Å². The van der Waals surface area contributed by atoms with Gasteiger partial charge >= 0.3 is 0 Å². The molecule has 1 aliphatic rings. The summed E-state index contributed by atoms with van der Waals surface area (Å²) in [7, 11) is 4.55. The average Bonchev–Trinajstić information content (AvgIpc) is 2.58. The van der Waals surface area contributed by atoms with Crippen LogP contribution in [0.25, 0.3) is 0 Å². The summed E-state index contributed by atoms with van der Waals surface area (Å²) in [6, 6.07) is 1.64. The number of ketones is 1. The molecular weight excluding hydrogens is 236 g/mol. The van der Waals surface area contributed by atoms with Gasteiger partial charge < -0.3 is 18.9 Å². The van der Waals surface area contributed by atoms with Crippen molar-refractivity contribution in [3.8, 4) is 23.0 Å². The van der Waals surface area contributed by atoms with Gasteiger partial charge in [0.1, 0.15) is 0 Å². The Morgan fingerprint density at radius 2 is 1.83 bits per heavy atom. The molecule has 5 nitrogen and oxygen atoms in total. The van der Waals surface area contributed by atoms with Crippen LogP contribution < -0.4 is 18.9 Å². The van der Waals surface area contributed by atoms with Gasteiger partial charge in [0.2, 0.25) is 11.5 Å². The van der Waals surface area contributed by atoms with E-state index in [2.05, 4.69) is 0 Å². The Morgan fingerprint density at radius 3 is 2.44 bits per heavy atom. The van der Waals surface area contributed by atoms with Crippen LogP contribution >= 0.6 is 0 Å². The Kier molecular flexibility index (Phi) is 3.60. The van der Waals surface area contributed by atoms with E-state index in [9.17, 15) is 4.79 Å². The van der Waals surface area contributed by atoms with Crippen LogP contribution in [0.5, 0.6) is 23.0 Å². The lowest BCUT2D eigenvalue weighted by Gasteiger charge is -2.17. The van der Waals surface area contributed by atoms with Crippen LogP contribution in [0.2, 0.25) is 0 Å². The van der Waals surface area contributed by atoms with Gasteiger partial charge in [0.25, 0.3) is 0 Å². The molecule has 0 saturated carbocycles. The van der Waals surface area contributed by atoms with Crippen LogP contribution in [-0.4, -0.2) is 33.7 Å². The number of carbonyl (C=O) groups is 1. The van der Waals surface area contributed by atoms with E-state index in [4.69, 9.17) is 18.9 Å². The van der Waals surface area contributed by atoms with E-state index in [1.165, 1.54) is 21.3 Å². The fourth-order valence-electron chi connectivity index (χ4n) is 2.02. The number of benzene rings is 1. The number of methoxy groups -OCH3 is 3. The van der Waals surface area contributed by atoms with Crippen LogP contribution in [0.4, 0.5) is 0 Å². The summed E-state index contributed by atoms with van der Waals surface area (Å²) in [6.07, 6.45) is 1.16. The molecule has 1 aromatic carbocycles. The Morgan fingerprint density at radius 1 is 1.11 bits per heavy atom. The second kappa shape index (κ2) is 5.16. The number of hydrogen-bond acceptors (Lipinski definition) is 5. The van der Waals surface area contributed by atoms with Gasteiger partial charge in [-0.2, -0.15) is 0 Å². The molecule has 1 aromatic rings. The number of fused-ring (bicyclic) bond motifs is 1. The number of Topliss-reactive ketones (excluding diaryl/α,β-unsaturated/α-hetero) is 1. The number of ether oxygens (including phenoxy) is 4. The first-order valence-corrected chi connectivity index (χ1v) is 5.71. The number of carbonyl (C=O) groups excluding carboxylic acids is 1. The minimum Gasteiger partial charge on any atom is -0.493 e.